The fourth-order valence-electron chi connectivity index (χ4n) is 1.25. The zero-order valence-corrected chi connectivity index (χ0v) is 11.2. The number of carbonyl (C=O) groups excluding carboxylic acids is 1. The van der Waals surface area contributed by atoms with Gasteiger partial charge in [-0.1, -0.05) is 34.6 Å². The average Bonchev–Trinajstić information content (AvgIpc) is 2.29. The molecule has 5 heteroatoms. The molecule has 0 aliphatic heterocycles. The van der Waals surface area contributed by atoms with Gasteiger partial charge in [-0.05, 0) is 12.1 Å². The molecular weight excluding hydrogens is 284 g/mol. The number of halogens is 1. The summed E-state index contributed by atoms with van der Waals surface area (Å²) in [5, 5.41) is 5.71. The predicted octanol–water partition coefficient (Wildman–Crippen LogP) is 2.13. The number of methoxy groups -OCH3 is 1. The first-order valence-corrected chi connectivity index (χ1v) is 5.89. The van der Waals surface area contributed by atoms with E-state index in [-0.39, 0.29) is 12.5 Å². The molecule has 0 aliphatic rings. The number of anilines is 1. The van der Waals surface area contributed by atoms with Crippen LogP contribution in [0.2, 0.25) is 0 Å². The third-order valence-corrected chi connectivity index (χ3v) is 2.26. The quantitative estimate of drug-likeness (QED) is 0.846. The molecule has 17 heavy (non-hydrogen) atoms. The van der Waals surface area contributed by atoms with Gasteiger partial charge in [0, 0.05) is 11.0 Å². The Morgan fingerprint density at radius 2 is 2.12 bits per heavy atom. The fraction of sp³-hybridized carbons (Fsp3) is 0.250. The smallest absolute Gasteiger partial charge is 0.238 e. The third kappa shape index (κ3) is 5.01. The minimum absolute atomic E-state index is 0.122. The summed E-state index contributed by atoms with van der Waals surface area (Å²) in [6.07, 6.45) is 0. The van der Waals surface area contributed by atoms with Crippen LogP contribution in [0.3, 0.4) is 0 Å². The van der Waals surface area contributed by atoms with E-state index in [1.165, 1.54) is 0 Å². The molecule has 4 nitrogen and oxygen atoms in total. The van der Waals surface area contributed by atoms with Crippen LogP contribution in [0.25, 0.3) is 0 Å². The number of rotatable bonds is 6. The number of nitrogens with one attached hydrogen (secondary N) is 2. The van der Waals surface area contributed by atoms with Crippen molar-refractivity contribution >= 4 is 27.5 Å². The molecular formula is C12H15BrN2O2. The first-order chi connectivity index (χ1) is 8.13. The first kappa shape index (κ1) is 13.7. The van der Waals surface area contributed by atoms with Gasteiger partial charge >= 0.3 is 0 Å². The molecule has 0 atom stereocenters. The summed E-state index contributed by atoms with van der Waals surface area (Å²) in [4.78, 5) is 11.6. The second-order valence-corrected chi connectivity index (χ2v) is 4.49. The lowest BCUT2D eigenvalue weighted by atomic mass is 10.3. The van der Waals surface area contributed by atoms with Gasteiger partial charge in [0.25, 0.3) is 0 Å². The Morgan fingerprint density at radius 1 is 1.41 bits per heavy atom. The fourth-order valence-corrected chi connectivity index (χ4v) is 1.45. The normalized spacial score (nSPS) is 9.76. The maximum absolute atomic E-state index is 11.6. The van der Waals surface area contributed by atoms with Gasteiger partial charge in [0.1, 0.15) is 5.75 Å². The molecule has 0 fully saturated rings. The van der Waals surface area contributed by atoms with Crippen molar-refractivity contribution in [2.75, 3.05) is 25.5 Å². The van der Waals surface area contributed by atoms with E-state index in [1.54, 1.807) is 19.2 Å². The number of hydrogen-bond donors (Lipinski definition) is 2. The van der Waals surface area contributed by atoms with Crippen molar-refractivity contribution in [3.8, 4) is 5.75 Å². The predicted molar refractivity (Wildman–Crippen MR) is 72.6 cm³/mol. The lowest BCUT2D eigenvalue weighted by Crippen LogP contribution is -2.28. The summed E-state index contributed by atoms with van der Waals surface area (Å²) in [6, 6.07) is 7.27. The van der Waals surface area contributed by atoms with E-state index in [0.29, 0.717) is 18.0 Å². The molecule has 0 saturated heterocycles. The Bertz CT molecular complexity index is 407. The van der Waals surface area contributed by atoms with Gasteiger partial charge in [-0.25, -0.2) is 0 Å². The Kier molecular flexibility index (Phi) is 5.72. The van der Waals surface area contributed by atoms with Crippen LogP contribution in [0.5, 0.6) is 5.75 Å². The van der Waals surface area contributed by atoms with E-state index in [1.807, 2.05) is 12.1 Å². The first-order valence-electron chi connectivity index (χ1n) is 5.10. The number of amides is 1. The molecule has 0 unspecified atom stereocenters. The maximum atomic E-state index is 11.6. The van der Waals surface area contributed by atoms with Crippen LogP contribution < -0.4 is 15.4 Å². The topological polar surface area (TPSA) is 50.4 Å². The highest BCUT2D eigenvalue weighted by atomic mass is 79.9. The number of para-hydroxylation sites is 2. The highest BCUT2D eigenvalue weighted by Gasteiger charge is 2.05. The molecule has 0 bridgehead atoms. The molecule has 0 heterocycles. The van der Waals surface area contributed by atoms with Gasteiger partial charge < -0.3 is 15.4 Å². The summed E-state index contributed by atoms with van der Waals surface area (Å²) in [6.45, 7) is 4.45. The van der Waals surface area contributed by atoms with Crippen LogP contribution in [-0.2, 0) is 4.79 Å². The zero-order valence-electron chi connectivity index (χ0n) is 9.63. The van der Waals surface area contributed by atoms with E-state index in [4.69, 9.17) is 4.74 Å². The summed E-state index contributed by atoms with van der Waals surface area (Å²) in [7, 11) is 1.57. The molecule has 1 aromatic rings. The minimum atomic E-state index is -0.122. The van der Waals surface area contributed by atoms with Crippen molar-refractivity contribution in [1.82, 2.24) is 5.32 Å². The van der Waals surface area contributed by atoms with E-state index in [2.05, 4.69) is 33.1 Å². The Labute approximate surface area is 109 Å². The summed E-state index contributed by atoms with van der Waals surface area (Å²) < 4.78 is 5.94. The van der Waals surface area contributed by atoms with Gasteiger partial charge in [0.15, 0.2) is 0 Å². The Balaban J connectivity index is 2.47. The molecule has 0 radical (unpaired) electrons. The minimum Gasteiger partial charge on any atom is -0.495 e. The summed E-state index contributed by atoms with van der Waals surface area (Å²) in [5.74, 6) is 0.522. The van der Waals surface area contributed by atoms with E-state index in [9.17, 15) is 4.79 Å². The van der Waals surface area contributed by atoms with Crippen molar-refractivity contribution in [2.45, 2.75) is 0 Å². The molecule has 1 aromatic carbocycles. The van der Waals surface area contributed by atoms with Crippen molar-refractivity contribution in [1.29, 1.82) is 0 Å². The molecule has 0 aromatic heterocycles. The van der Waals surface area contributed by atoms with Gasteiger partial charge in [-0.2, -0.15) is 0 Å². The molecule has 2 N–H and O–H groups in total. The van der Waals surface area contributed by atoms with Crippen LogP contribution in [0.15, 0.2) is 35.3 Å². The van der Waals surface area contributed by atoms with Gasteiger partial charge in [-0.15, -0.1) is 0 Å². The van der Waals surface area contributed by atoms with E-state index >= 15 is 0 Å². The molecule has 0 aliphatic carbocycles. The van der Waals surface area contributed by atoms with Gasteiger partial charge in [0.2, 0.25) is 5.91 Å². The lowest BCUT2D eigenvalue weighted by molar-refractivity contribution is -0.115. The highest BCUT2D eigenvalue weighted by molar-refractivity contribution is 9.11. The summed E-state index contributed by atoms with van der Waals surface area (Å²) in [5.41, 5.74) is 0.666. The van der Waals surface area contributed by atoms with Crippen molar-refractivity contribution in [3.05, 3.63) is 35.3 Å². The van der Waals surface area contributed by atoms with E-state index < -0.39 is 0 Å². The van der Waals surface area contributed by atoms with Crippen molar-refractivity contribution < 1.29 is 9.53 Å². The number of hydrogen-bond acceptors (Lipinski definition) is 3. The van der Waals surface area contributed by atoms with Crippen LogP contribution >= 0.6 is 15.9 Å². The number of carbonyl (C=O) groups is 1. The highest BCUT2D eigenvalue weighted by Crippen LogP contribution is 2.22. The van der Waals surface area contributed by atoms with E-state index in [0.717, 1.165) is 4.48 Å². The Morgan fingerprint density at radius 3 is 2.76 bits per heavy atom. The molecule has 1 amide bonds. The van der Waals surface area contributed by atoms with Gasteiger partial charge in [0.05, 0.1) is 19.3 Å². The van der Waals surface area contributed by atoms with Gasteiger partial charge in [-0.3, -0.25) is 4.79 Å². The van der Waals surface area contributed by atoms with Crippen LogP contribution in [-0.4, -0.2) is 26.1 Å². The Hall–Kier alpha value is -1.33. The lowest BCUT2D eigenvalue weighted by Gasteiger charge is -2.10. The monoisotopic (exact) mass is 298 g/mol. The van der Waals surface area contributed by atoms with Crippen LogP contribution in [0.1, 0.15) is 0 Å². The molecule has 0 spiro atoms. The van der Waals surface area contributed by atoms with Crippen molar-refractivity contribution in [3.63, 3.8) is 0 Å². The number of ether oxygens (including phenoxy) is 1. The number of benzene rings is 1. The van der Waals surface area contributed by atoms with Crippen molar-refractivity contribution in [2.24, 2.45) is 0 Å². The zero-order chi connectivity index (χ0) is 12.7. The molecule has 1 rings (SSSR count). The summed E-state index contributed by atoms with van der Waals surface area (Å²) >= 11 is 3.21. The largest absolute Gasteiger partial charge is 0.495 e. The second kappa shape index (κ2) is 7.09. The molecule has 0 saturated carbocycles. The SMILES string of the molecule is C=C(Br)CNCC(=O)Nc1ccccc1OC. The third-order valence-electron chi connectivity index (χ3n) is 1.98. The maximum Gasteiger partial charge on any atom is 0.238 e. The van der Waals surface area contributed by atoms with Crippen LogP contribution in [0.4, 0.5) is 5.69 Å². The average molecular weight is 299 g/mol. The standard InChI is InChI=1S/C12H15BrN2O2/c1-9(13)7-14-8-12(16)15-10-5-3-4-6-11(10)17-2/h3-6,14H,1,7-8H2,2H3,(H,15,16). The van der Waals surface area contributed by atoms with Crippen LogP contribution in [0, 0.1) is 0 Å². The second-order valence-electron chi connectivity index (χ2n) is 3.37. The molecule has 92 valence electrons.